The van der Waals surface area contributed by atoms with E-state index in [0.717, 1.165) is 0 Å². The van der Waals surface area contributed by atoms with Crippen molar-refractivity contribution in [3.05, 3.63) is 0 Å². The number of nitrogens with one attached hydrogen (secondary N) is 1. The lowest BCUT2D eigenvalue weighted by Crippen LogP contribution is -2.35. The molecular formula is C6H13F2NO2. The summed E-state index contributed by atoms with van der Waals surface area (Å²) in [5.41, 5.74) is 0. The fourth-order valence-corrected chi connectivity index (χ4v) is 0.740. The average molecular weight is 169 g/mol. The molecule has 0 fully saturated rings. The molecule has 0 aromatic rings. The summed E-state index contributed by atoms with van der Waals surface area (Å²) < 4.78 is 25.1. The molecule has 1 atom stereocenters. The topological polar surface area (TPSA) is 52.5 Å². The number of hydrogen-bond donors (Lipinski definition) is 3. The number of halogens is 2. The summed E-state index contributed by atoms with van der Waals surface area (Å²) in [4.78, 5) is 0. The van der Waals surface area contributed by atoms with E-state index in [1.807, 2.05) is 0 Å². The van der Waals surface area contributed by atoms with E-state index >= 15 is 0 Å². The molecule has 0 saturated carbocycles. The first-order valence-corrected chi connectivity index (χ1v) is 3.33. The summed E-state index contributed by atoms with van der Waals surface area (Å²) in [6, 6.07) is 0. The van der Waals surface area contributed by atoms with Gasteiger partial charge in [0.15, 0.2) is 0 Å². The molecule has 68 valence electrons. The summed E-state index contributed by atoms with van der Waals surface area (Å²) in [7, 11) is 1.40. The first-order chi connectivity index (χ1) is 5.02. The van der Waals surface area contributed by atoms with E-state index in [1.165, 1.54) is 7.05 Å². The van der Waals surface area contributed by atoms with Gasteiger partial charge < -0.3 is 15.5 Å². The lowest BCUT2D eigenvalue weighted by molar-refractivity contribution is -0.0526. The fraction of sp³-hybridized carbons (Fsp3) is 1.00. The van der Waals surface area contributed by atoms with Crippen molar-refractivity contribution in [3.8, 4) is 0 Å². The number of rotatable bonds is 5. The van der Waals surface area contributed by atoms with Gasteiger partial charge in [0, 0.05) is 6.42 Å². The van der Waals surface area contributed by atoms with Crippen LogP contribution < -0.4 is 5.32 Å². The summed E-state index contributed by atoms with van der Waals surface area (Å²) in [5, 5.41) is 19.2. The molecule has 0 aromatic carbocycles. The molecule has 0 radical (unpaired) electrons. The highest BCUT2D eigenvalue weighted by Gasteiger charge is 2.30. The van der Waals surface area contributed by atoms with Crippen LogP contribution >= 0.6 is 0 Å². The van der Waals surface area contributed by atoms with Crippen molar-refractivity contribution in [2.45, 2.75) is 18.4 Å². The molecule has 0 bridgehead atoms. The van der Waals surface area contributed by atoms with Gasteiger partial charge in [0.05, 0.1) is 19.3 Å². The van der Waals surface area contributed by atoms with E-state index in [2.05, 4.69) is 5.32 Å². The number of aliphatic hydroxyl groups excluding tert-OH is 2. The van der Waals surface area contributed by atoms with Crippen molar-refractivity contribution in [3.63, 3.8) is 0 Å². The van der Waals surface area contributed by atoms with Crippen LogP contribution in [-0.2, 0) is 0 Å². The smallest absolute Gasteiger partial charge is 0.262 e. The van der Waals surface area contributed by atoms with E-state index < -0.39 is 31.6 Å². The van der Waals surface area contributed by atoms with Crippen LogP contribution in [0, 0.1) is 0 Å². The van der Waals surface area contributed by atoms with E-state index in [-0.39, 0.29) is 0 Å². The zero-order chi connectivity index (χ0) is 8.91. The van der Waals surface area contributed by atoms with E-state index in [9.17, 15) is 8.78 Å². The van der Waals surface area contributed by atoms with Gasteiger partial charge in [0.2, 0.25) is 0 Å². The van der Waals surface area contributed by atoms with Gasteiger partial charge >= 0.3 is 0 Å². The van der Waals surface area contributed by atoms with Crippen LogP contribution in [0.3, 0.4) is 0 Å². The minimum atomic E-state index is -2.95. The van der Waals surface area contributed by atoms with E-state index in [1.54, 1.807) is 0 Å². The Kier molecular flexibility index (Phi) is 4.48. The molecule has 0 heterocycles. The summed E-state index contributed by atoms with van der Waals surface area (Å²) >= 11 is 0. The molecule has 0 rings (SSSR count). The van der Waals surface area contributed by atoms with Crippen LogP contribution in [0.4, 0.5) is 8.78 Å². The minimum absolute atomic E-state index is 0.482. The lowest BCUT2D eigenvalue weighted by Gasteiger charge is -2.17. The number of hydrogen-bond acceptors (Lipinski definition) is 3. The van der Waals surface area contributed by atoms with Crippen LogP contribution in [0.25, 0.3) is 0 Å². The van der Waals surface area contributed by atoms with Gasteiger partial charge in [0.1, 0.15) is 0 Å². The minimum Gasteiger partial charge on any atom is -0.394 e. The SMILES string of the molecule is CNCC(F)(F)CC(O)CO. The predicted octanol–water partition coefficient (Wildman–Crippen LogP) is -0.416. The Labute approximate surface area is 64.0 Å². The molecule has 3 nitrogen and oxygen atoms in total. The van der Waals surface area contributed by atoms with Gasteiger partial charge in [-0.2, -0.15) is 0 Å². The Morgan fingerprint density at radius 2 is 2.09 bits per heavy atom. The standard InChI is InChI=1S/C6H13F2NO2/c1-9-4-6(7,8)2-5(11)3-10/h5,9-11H,2-4H2,1H3. The Balaban J connectivity index is 3.70. The summed E-state index contributed by atoms with van der Waals surface area (Å²) in [5.74, 6) is -2.95. The third-order valence-corrected chi connectivity index (χ3v) is 1.18. The molecule has 1 unspecified atom stereocenters. The monoisotopic (exact) mass is 169 g/mol. The highest BCUT2D eigenvalue weighted by atomic mass is 19.3. The van der Waals surface area contributed by atoms with Crippen molar-refractivity contribution in [1.29, 1.82) is 0 Å². The normalized spacial score (nSPS) is 15.0. The molecule has 0 aliphatic heterocycles. The molecule has 11 heavy (non-hydrogen) atoms. The second kappa shape index (κ2) is 4.58. The fourth-order valence-electron chi connectivity index (χ4n) is 0.740. The Morgan fingerprint density at radius 3 is 2.45 bits per heavy atom. The van der Waals surface area contributed by atoms with Gasteiger partial charge in [-0.05, 0) is 7.05 Å². The van der Waals surface area contributed by atoms with Crippen molar-refractivity contribution in [2.24, 2.45) is 0 Å². The van der Waals surface area contributed by atoms with E-state index in [0.29, 0.717) is 0 Å². The first kappa shape index (κ1) is 10.7. The maximum Gasteiger partial charge on any atom is 0.262 e. The number of alkyl halides is 2. The Hall–Kier alpha value is -0.260. The molecule has 5 heteroatoms. The van der Waals surface area contributed by atoms with Gasteiger partial charge in [-0.1, -0.05) is 0 Å². The Bertz CT molecular complexity index is 111. The van der Waals surface area contributed by atoms with E-state index in [4.69, 9.17) is 10.2 Å². The predicted molar refractivity (Wildman–Crippen MR) is 36.6 cm³/mol. The molecule has 0 spiro atoms. The zero-order valence-electron chi connectivity index (χ0n) is 6.35. The van der Waals surface area contributed by atoms with Crippen LogP contribution in [0.2, 0.25) is 0 Å². The molecule has 0 amide bonds. The van der Waals surface area contributed by atoms with Gasteiger partial charge in [-0.15, -0.1) is 0 Å². The quantitative estimate of drug-likeness (QED) is 0.524. The molecule has 0 aromatic heterocycles. The van der Waals surface area contributed by atoms with Crippen molar-refractivity contribution < 1.29 is 19.0 Å². The highest BCUT2D eigenvalue weighted by molar-refractivity contribution is 4.72. The van der Waals surface area contributed by atoms with Crippen LogP contribution in [-0.4, -0.2) is 42.4 Å². The maximum atomic E-state index is 12.5. The van der Waals surface area contributed by atoms with Crippen molar-refractivity contribution >= 4 is 0 Å². The average Bonchev–Trinajstić information content (AvgIpc) is 1.86. The molecule has 0 saturated heterocycles. The van der Waals surface area contributed by atoms with Crippen LogP contribution in [0.1, 0.15) is 6.42 Å². The maximum absolute atomic E-state index is 12.5. The van der Waals surface area contributed by atoms with Crippen LogP contribution in [0.5, 0.6) is 0 Å². The van der Waals surface area contributed by atoms with Crippen LogP contribution in [0.15, 0.2) is 0 Å². The zero-order valence-corrected chi connectivity index (χ0v) is 6.35. The molecule has 0 aliphatic rings. The van der Waals surface area contributed by atoms with Crippen molar-refractivity contribution in [1.82, 2.24) is 5.32 Å². The molecular weight excluding hydrogens is 156 g/mol. The second-order valence-electron chi connectivity index (χ2n) is 2.43. The molecule has 3 N–H and O–H groups in total. The summed E-state index contributed by atoms with van der Waals surface area (Å²) in [6.07, 6.45) is -2.04. The van der Waals surface area contributed by atoms with Gasteiger partial charge in [0.25, 0.3) is 5.92 Å². The van der Waals surface area contributed by atoms with Gasteiger partial charge in [-0.25, -0.2) is 8.78 Å². The molecule has 0 aliphatic carbocycles. The second-order valence-corrected chi connectivity index (χ2v) is 2.43. The van der Waals surface area contributed by atoms with Gasteiger partial charge in [-0.3, -0.25) is 0 Å². The largest absolute Gasteiger partial charge is 0.394 e. The highest BCUT2D eigenvalue weighted by Crippen LogP contribution is 2.18. The number of aliphatic hydroxyl groups is 2. The van der Waals surface area contributed by atoms with Crippen molar-refractivity contribution in [2.75, 3.05) is 20.2 Å². The third-order valence-electron chi connectivity index (χ3n) is 1.18. The lowest BCUT2D eigenvalue weighted by atomic mass is 10.1. The Morgan fingerprint density at radius 1 is 1.55 bits per heavy atom. The summed E-state index contributed by atoms with van der Waals surface area (Å²) in [6.45, 7) is -1.11. The first-order valence-electron chi connectivity index (χ1n) is 3.33. The third kappa shape index (κ3) is 5.06.